The number of methoxy groups -OCH3 is 1. The van der Waals surface area contributed by atoms with E-state index in [4.69, 9.17) is 0 Å². The van der Waals surface area contributed by atoms with Crippen molar-refractivity contribution >= 4 is 5.97 Å². The van der Waals surface area contributed by atoms with Crippen LogP contribution in [0.2, 0.25) is 0 Å². The van der Waals surface area contributed by atoms with E-state index in [1.165, 1.54) is 19.5 Å². The molecule has 0 aliphatic carbocycles. The lowest BCUT2D eigenvalue weighted by molar-refractivity contribution is -0.606. The second-order valence-corrected chi connectivity index (χ2v) is 3.36. The molecule has 0 atom stereocenters. The van der Waals surface area contributed by atoms with Gasteiger partial charge < -0.3 is 9.94 Å². The summed E-state index contributed by atoms with van der Waals surface area (Å²) in [7, 11) is 1.29. The Morgan fingerprint density at radius 3 is 2.64 bits per heavy atom. The molecule has 0 N–H and O–H groups in total. The fourth-order valence-electron chi connectivity index (χ4n) is 1.12. The lowest BCUT2D eigenvalue weighted by Crippen LogP contribution is -2.27. The zero-order valence-corrected chi connectivity index (χ0v) is 8.48. The summed E-state index contributed by atoms with van der Waals surface area (Å²) in [5, 5.41) is 11.1. The highest BCUT2D eigenvalue weighted by molar-refractivity contribution is 5.88. The molecule has 0 aromatic carbocycles. The maximum absolute atomic E-state index is 11.2. The third-order valence-electron chi connectivity index (χ3n) is 1.95. The molecule has 0 aliphatic heterocycles. The third kappa shape index (κ3) is 2.22. The SMILES string of the molecule is COC(=O)c1cc(C(C)C)c[n+]([O-])c1. The maximum Gasteiger partial charge on any atom is 0.344 e. The predicted molar refractivity (Wildman–Crippen MR) is 50.8 cm³/mol. The molecule has 0 saturated carbocycles. The molecule has 0 spiro atoms. The van der Waals surface area contributed by atoms with Gasteiger partial charge in [0.25, 0.3) is 0 Å². The van der Waals surface area contributed by atoms with Crippen LogP contribution in [-0.4, -0.2) is 13.1 Å². The van der Waals surface area contributed by atoms with Gasteiger partial charge in [0.1, 0.15) is 5.56 Å². The van der Waals surface area contributed by atoms with Crippen LogP contribution < -0.4 is 4.73 Å². The van der Waals surface area contributed by atoms with Crippen molar-refractivity contribution in [2.45, 2.75) is 19.8 Å². The van der Waals surface area contributed by atoms with Gasteiger partial charge in [-0.25, -0.2) is 4.79 Å². The van der Waals surface area contributed by atoms with Crippen molar-refractivity contribution in [1.82, 2.24) is 0 Å². The zero-order valence-electron chi connectivity index (χ0n) is 8.48. The fourth-order valence-corrected chi connectivity index (χ4v) is 1.12. The van der Waals surface area contributed by atoms with Crippen molar-refractivity contribution in [1.29, 1.82) is 0 Å². The Hall–Kier alpha value is -1.58. The molecule has 0 saturated heterocycles. The van der Waals surface area contributed by atoms with Crippen LogP contribution in [0.1, 0.15) is 35.7 Å². The molecular formula is C10H13NO3. The first kappa shape index (κ1) is 10.5. The standard InChI is InChI=1S/C10H13NO3/c1-7(2)8-4-9(10(12)14-3)6-11(13)5-8/h4-7H,1-3H3. The number of hydrogen-bond donors (Lipinski definition) is 0. The highest BCUT2D eigenvalue weighted by Gasteiger charge is 2.13. The monoisotopic (exact) mass is 195 g/mol. The highest BCUT2D eigenvalue weighted by Crippen LogP contribution is 2.13. The number of carbonyl (C=O) groups is 1. The first-order valence-electron chi connectivity index (χ1n) is 4.36. The van der Waals surface area contributed by atoms with Gasteiger partial charge in [0.2, 0.25) is 0 Å². The van der Waals surface area contributed by atoms with Gasteiger partial charge >= 0.3 is 5.97 Å². The van der Waals surface area contributed by atoms with E-state index in [1.54, 1.807) is 6.07 Å². The molecule has 0 radical (unpaired) electrons. The summed E-state index contributed by atoms with van der Waals surface area (Å²) in [6, 6.07) is 1.67. The van der Waals surface area contributed by atoms with Gasteiger partial charge in [-0.2, -0.15) is 4.73 Å². The second-order valence-electron chi connectivity index (χ2n) is 3.36. The Kier molecular flexibility index (Phi) is 3.06. The molecule has 1 rings (SSSR count). The van der Waals surface area contributed by atoms with Crippen LogP contribution in [0.5, 0.6) is 0 Å². The number of rotatable bonds is 2. The van der Waals surface area contributed by atoms with Crippen LogP contribution in [-0.2, 0) is 4.74 Å². The lowest BCUT2D eigenvalue weighted by Gasteiger charge is -2.06. The zero-order chi connectivity index (χ0) is 10.7. The average Bonchev–Trinajstić information content (AvgIpc) is 2.15. The first-order valence-corrected chi connectivity index (χ1v) is 4.36. The van der Waals surface area contributed by atoms with Crippen LogP contribution in [0, 0.1) is 5.21 Å². The summed E-state index contributed by atoms with van der Waals surface area (Å²) >= 11 is 0. The molecule has 4 heteroatoms. The normalized spacial score (nSPS) is 10.3. The lowest BCUT2D eigenvalue weighted by atomic mass is 10.0. The second kappa shape index (κ2) is 4.09. The number of esters is 1. The van der Waals surface area contributed by atoms with Crippen molar-refractivity contribution in [3.05, 3.63) is 34.8 Å². The highest BCUT2D eigenvalue weighted by atomic mass is 16.5. The van der Waals surface area contributed by atoms with E-state index >= 15 is 0 Å². The van der Waals surface area contributed by atoms with Gasteiger partial charge in [-0.15, -0.1) is 0 Å². The predicted octanol–water partition coefficient (Wildman–Crippen LogP) is 1.23. The Balaban J connectivity index is 3.13. The Morgan fingerprint density at radius 2 is 2.14 bits per heavy atom. The average molecular weight is 195 g/mol. The quantitative estimate of drug-likeness (QED) is 0.405. The van der Waals surface area contributed by atoms with E-state index in [0.717, 1.165) is 5.56 Å². The molecule has 0 bridgehead atoms. The summed E-state index contributed by atoms with van der Waals surface area (Å²) in [6.07, 6.45) is 2.66. The van der Waals surface area contributed by atoms with Gasteiger partial charge in [0.05, 0.1) is 7.11 Å². The largest absolute Gasteiger partial charge is 0.619 e. The first-order chi connectivity index (χ1) is 6.54. The number of ether oxygens (including phenoxy) is 1. The van der Waals surface area contributed by atoms with Crippen LogP contribution in [0.25, 0.3) is 0 Å². The van der Waals surface area contributed by atoms with E-state index in [1.807, 2.05) is 13.8 Å². The van der Waals surface area contributed by atoms with Crippen LogP contribution in [0.15, 0.2) is 18.5 Å². The molecule has 1 aromatic heterocycles. The van der Waals surface area contributed by atoms with E-state index in [-0.39, 0.29) is 11.5 Å². The number of aromatic nitrogens is 1. The van der Waals surface area contributed by atoms with E-state index in [2.05, 4.69) is 4.74 Å². The molecule has 0 unspecified atom stereocenters. The summed E-state index contributed by atoms with van der Waals surface area (Å²) < 4.78 is 5.16. The summed E-state index contributed by atoms with van der Waals surface area (Å²) in [5.41, 5.74) is 1.11. The molecule has 1 heterocycles. The minimum absolute atomic E-state index is 0.208. The molecule has 0 amide bonds. The van der Waals surface area contributed by atoms with Crippen LogP contribution in [0.4, 0.5) is 0 Å². The molecule has 0 fully saturated rings. The smallest absolute Gasteiger partial charge is 0.344 e. The number of nitrogens with zero attached hydrogens (tertiary/aromatic N) is 1. The number of pyridine rings is 1. The van der Waals surface area contributed by atoms with Crippen molar-refractivity contribution in [2.75, 3.05) is 7.11 Å². The van der Waals surface area contributed by atoms with Gasteiger partial charge in [-0.05, 0) is 12.0 Å². The van der Waals surface area contributed by atoms with Crippen LogP contribution in [0.3, 0.4) is 0 Å². The summed E-state index contributed by atoms with van der Waals surface area (Å²) in [5.74, 6) is -0.281. The minimum Gasteiger partial charge on any atom is -0.619 e. The molecular weight excluding hydrogens is 182 g/mol. The molecule has 1 aromatic rings. The summed E-state index contributed by atoms with van der Waals surface area (Å²) in [6.45, 7) is 3.91. The molecule has 14 heavy (non-hydrogen) atoms. The van der Waals surface area contributed by atoms with Crippen molar-refractivity contribution < 1.29 is 14.3 Å². The Labute approximate surface area is 82.7 Å². The van der Waals surface area contributed by atoms with E-state index < -0.39 is 5.97 Å². The minimum atomic E-state index is -0.489. The van der Waals surface area contributed by atoms with Gasteiger partial charge in [-0.1, -0.05) is 13.8 Å². The Morgan fingerprint density at radius 1 is 1.50 bits per heavy atom. The van der Waals surface area contributed by atoms with E-state index in [9.17, 15) is 10.0 Å². The summed E-state index contributed by atoms with van der Waals surface area (Å²) in [4.78, 5) is 11.2. The van der Waals surface area contributed by atoms with Crippen LogP contribution >= 0.6 is 0 Å². The maximum atomic E-state index is 11.2. The van der Waals surface area contributed by atoms with Gasteiger partial charge in [-0.3, -0.25) is 0 Å². The van der Waals surface area contributed by atoms with Crippen molar-refractivity contribution in [3.8, 4) is 0 Å². The molecule has 0 aliphatic rings. The van der Waals surface area contributed by atoms with E-state index in [0.29, 0.717) is 4.73 Å². The van der Waals surface area contributed by atoms with Crippen molar-refractivity contribution in [3.63, 3.8) is 0 Å². The topological polar surface area (TPSA) is 53.2 Å². The fraction of sp³-hybridized carbons (Fsp3) is 0.400. The number of carbonyl (C=O) groups excluding carboxylic acids is 1. The van der Waals surface area contributed by atoms with Gasteiger partial charge in [0, 0.05) is 5.56 Å². The molecule has 76 valence electrons. The third-order valence-corrected chi connectivity index (χ3v) is 1.95. The van der Waals surface area contributed by atoms with Crippen molar-refractivity contribution in [2.24, 2.45) is 0 Å². The van der Waals surface area contributed by atoms with Gasteiger partial charge in [0.15, 0.2) is 12.4 Å². The molecule has 4 nitrogen and oxygen atoms in total. The Bertz CT molecular complexity index is 347. The number of hydrogen-bond acceptors (Lipinski definition) is 3.